The van der Waals surface area contributed by atoms with Crippen LogP contribution in [0.25, 0.3) is 5.69 Å². The van der Waals surface area contributed by atoms with E-state index in [0.717, 1.165) is 33.3 Å². The predicted octanol–water partition coefficient (Wildman–Crippen LogP) is 3.62. The van der Waals surface area contributed by atoms with Crippen LogP contribution in [0.4, 0.5) is 17.6 Å². The summed E-state index contributed by atoms with van der Waals surface area (Å²) in [6, 6.07) is 7.24. The smallest absolute Gasteiger partial charge is 0.292 e. The van der Waals surface area contributed by atoms with Gasteiger partial charge in [-0.1, -0.05) is 6.92 Å². The number of piperidine rings is 1. The van der Waals surface area contributed by atoms with E-state index < -0.39 is 49.9 Å². The third-order valence-electron chi connectivity index (χ3n) is 8.53. The van der Waals surface area contributed by atoms with Gasteiger partial charge in [-0.2, -0.15) is 32.5 Å². The molecule has 0 saturated carbocycles. The number of alkyl halides is 3. The first-order valence-corrected chi connectivity index (χ1v) is 14.4. The van der Waals surface area contributed by atoms with Gasteiger partial charge < -0.3 is 0 Å². The molecule has 4 aromatic rings. The average Bonchev–Trinajstić information content (AvgIpc) is 3.56. The van der Waals surface area contributed by atoms with E-state index in [1.807, 2.05) is 6.92 Å². The summed E-state index contributed by atoms with van der Waals surface area (Å²) in [5.74, 6) is -1.10. The molecule has 2 aliphatic rings. The number of Topliss-reactive ketones (excluding diaryl/α,β-unsaturated/α-hetero) is 1. The fourth-order valence-electron chi connectivity index (χ4n) is 6.14. The van der Waals surface area contributed by atoms with E-state index in [2.05, 4.69) is 20.3 Å². The largest absolute Gasteiger partial charge is 0.416 e. The number of aryl methyl sites for hydroxylation is 1. The zero-order valence-corrected chi connectivity index (χ0v) is 23.3. The van der Waals surface area contributed by atoms with Crippen LogP contribution in [0.2, 0.25) is 0 Å². The Kier molecular flexibility index (Phi) is 6.38. The monoisotopic (exact) mass is 603 g/mol. The Labute approximate surface area is 238 Å². The summed E-state index contributed by atoms with van der Waals surface area (Å²) in [4.78, 5) is 19.5. The predicted molar refractivity (Wildman–Crippen MR) is 139 cm³/mol. The van der Waals surface area contributed by atoms with Gasteiger partial charge in [0.15, 0.2) is 5.78 Å². The number of nitrogens with zero attached hydrogens (tertiary/aromatic N) is 7. The summed E-state index contributed by atoms with van der Waals surface area (Å²) in [5, 5.41) is 12.0. The molecule has 2 atom stereocenters. The van der Waals surface area contributed by atoms with E-state index in [9.17, 15) is 30.8 Å². The van der Waals surface area contributed by atoms with E-state index in [1.54, 1.807) is 23.0 Å². The van der Waals surface area contributed by atoms with E-state index in [0.29, 0.717) is 17.3 Å². The lowest BCUT2D eigenvalue weighted by Gasteiger charge is -2.55. The summed E-state index contributed by atoms with van der Waals surface area (Å²) in [6.07, 6.45) is -0.622. The molecule has 0 spiro atoms. The van der Waals surface area contributed by atoms with Crippen LogP contribution in [0.5, 0.6) is 0 Å². The minimum Gasteiger partial charge on any atom is -0.292 e. The van der Waals surface area contributed by atoms with Crippen molar-refractivity contribution in [2.45, 2.75) is 37.4 Å². The topological polar surface area (TPSA) is 116 Å². The second kappa shape index (κ2) is 9.52. The Bertz CT molecular complexity index is 1800. The number of carbonyl (C=O) groups excluding carboxylic acids is 1. The number of carbonyl (C=O) groups is 1. The number of hydrogen-bond donors (Lipinski definition) is 0. The summed E-state index contributed by atoms with van der Waals surface area (Å²) in [5.41, 5.74) is -1.82. The normalized spacial score (nSPS) is 22.9. The van der Waals surface area contributed by atoms with Gasteiger partial charge in [-0.15, -0.1) is 5.10 Å². The number of aromatic nitrogens is 6. The van der Waals surface area contributed by atoms with Crippen LogP contribution >= 0.6 is 0 Å². The number of rotatable bonds is 5. The van der Waals surface area contributed by atoms with Gasteiger partial charge in [0.2, 0.25) is 5.03 Å². The lowest BCUT2D eigenvalue weighted by atomic mass is 9.51. The molecule has 0 amide bonds. The molecule has 4 heterocycles. The van der Waals surface area contributed by atoms with Crippen molar-refractivity contribution in [2.24, 2.45) is 17.9 Å². The van der Waals surface area contributed by atoms with Crippen molar-refractivity contribution < 1.29 is 30.8 Å². The fraction of sp³-hybridized carbons (Fsp3) is 0.370. The molecule has 1 saturated heterocycles. The lowest BCUT2D eigenvalue weighted by molar-refractivity contribution is -0.137. The molecule has 0 unspecified atom stereocenters. The van der Waals surface area contributed by atoms with Crippen molar-refractivity contribution in [3.8, 4) is 5.69 Å². The van der Waals surface area contributed by atoms with Crippen molar-refractivity contribution >= 4 is 15.8 Å². The average molecular weight is 604 g/mol. The molecule has 0 N–H and O–H groups in total. The van der Waals surface area contributed by atoms with Crippen LogP contribution in [0.1, 0.15) is 40.7 Å². The van der Waals surface area contributed by atoms with Gasteiger partial charge in [0.25, 0.3) is 10.0 Å². The number of fused-ring (bicyclic) bond motifs is 2. The molecule has 15 heteroatoms. The number of hydrogen-bond acceptors (Lipinski definition) is 7. The van der Waals surface area contributed by atoms with Gasteiger partial charge in [0.05, 0.1) is 29.1 Å². The number of benzene rings is 1. The minimum atomic E-state index is -4.71. The van der Waals surface area contributed by atoms with Crippen molar-refractivity contribution in [1.29, 1.82) is 0 Å². The van der Waals surface area contributed by atoms with Crippen LogP contribution in [-0.2, 0) is 36.1 Å². The highest BCUT2D eigenvalue weighted by atomic mass is 32.2. The molecule has 220 valence electrons. The van der Waals surface area contributed by atoms with Crippen LogP contribution < -0.4 is 0 Å². The first-order chi connectivity index (χ1) is 19.7. The highest BCUT2D eigenvalue weighted by Gasteiger charge is 2.61. The number of pyridine rings is 1. The number of sulfonamides is 1. The van der Waals surface area contributed by atoms with Gasteiger partial charge >= 0.3 is 6.18 Å². The van der Waals surface area contributed by atoms with E-state index >= 15 is 0 Å². The van der Waals surface area contributed by atoms with Crippen molar-refractivity contribution in [3.05, 3.63) is 83.3 Å². The summed E-state index contributed by atoms with van der Waals surface area (Å²) >= 11 is 0. The molecule has 6 rings (SSSR count). The Hall–Kier alpha value is -3.98. The van der Waals surface area contributed by atoms with E-state index in [4.69, 9.17) is 0 Å². The van der Waals surface area contributed by atoms with Crippen LogP contribution in [0.15, 0.2) is 60.0 Å². The second-order valence-corrected chi connectivity index (χ2v) is 12.9. The van der Waals surface area contributed by atoms with Gasteiger partial charge in [-0.05, 0) is 66.6 Å². The standard InChI is InChI=1S/C27H25F4N7O3S/c1-25-8-10-37(42(40,41)23-15-33-36(2)35-23)16-26(25,24(39)21-11-18(7-9-32-21)27(29,30)31)12-17-14-34-38(22(17)13-25)20-5-3-19(28)4-6-20/h3-7,9,11,14-15H,8,10,12-13,16H2,1-2H3/t25-,26+/m0/s1. The molecule has 1 aromatic carbocycles. The third kappa shape index (κ3) is 4.42. The number of halogens is 4. The van der Waals surface area contributed by atoms with E-state index in [-0.39, 0.29) is 37.4 Å². The Balaban J connectivity index is 1.48. The van der Waals surface area contributed by atoms with Gasteiger partial charge in [-0.25, -0.2) is 17.5 Å². The Morgan fingerprint density at radius 1 is 1.05 bits per heavy atom. The highest BCUT2D eigenvalue weighted by Crippen LogP contribution is 2.56. The molecule has 0 bridgehead atoms. The zero-order chi connectivity index (χ0) is 30.1. The zero-order valence-electron chi connectivity index (χ0n) is 22.5. The maximum Gasteiger partial charge on any atom is 0.416 e. The molecule has 3 aromatic heterocycles. The summed E-state index contributed by atoms with van der Waals surface area (Å²) in [6.45, 7) is 1.58. The molecule has 1 aliphatic heterocycles. The lowest BCUT2D eigenvalue weighted by Crippen LogP contribution is -2.62. The van der Waals surface area contributed by atoms with Crippen LogP contribution in [0, 0.1) is 16.6 Å². The van der Waals surface area contributed by atoms with Gasteiger partial charge in [-0.3, -0.25) is 9.78 Å². The van der Waals surface area contributed by atoms with Crippen molar-refractivity contribution in [2.75, 3.05) is 13.1 Å². The van der Waals surface area contributed by atoms with Gasteiger partial charge in [0.1, 0.15) is 11.5 Å². The summed E-state index contributed by atoms with van der Waals surface area (Å²) < 4.78 is 84.4. The van der Waals surface area contributed by atoms with E-state index in [1.165, 1.54) is 19.2 Å². The minimum absolute atomic E-state index is 0.00325. The van der Waals surface area contributed by atoms with Crippen molar-refractivity contribution in [1.82, 2.24) is 34.1 Å². The van der Waals surface area contributed by atoms with Crippen molar-refractivity contribution in [3.63, 3.8) is 0 Å². The Morgan fingerprint density at radius 3 is 2.45 bits per heavy atom. The number of ketones is 1. The molecule has 42 heavy (non-hydrogen) atoms. The molecule has 10 nitrogen and oxygen atoms in total. The Morgan fingerprint density at radius 2 is 1.79 bits per heavy atom. The highest BCUT2D eigenvalue weighted by molar-refractivity contribution is 7.89. The maximum atomic E-state index is 14.4. The van der Waals surface area contributed by atoms with Crippen LogP contribution in [-0.4, -0.2) is 61.4 Å². The fourth-order valence-corrected chi connectivity index (χ4v) is 7.53. The third-order valence-corrected chi connectivity index (χ3v) is 10.2. The molecule has 0 radical (unpaired) electrons. The molecule has 1 fully saturated rings. The molecule has 1 aliphatic carbocycles. The maximum absolute atomic E-state index is 14.4. The first kappa shape index (κ1) is 28.2. The van der Waals surface area contributed by atoms with Crippen LogP contribution in [0.3, 0.4) is 0 Å². The van der Waals surface area contributed by atoms with Gasteiger partial charge in [0, 0.05) is 32.0 Å². The molecular formula is C27H25F4N7O3S. The second-order valence-electron chi connectivity index (χ2n) is 11.0. The first-order valence-electron chi connectivity index (χ1n) is 13.0. The molecular weight excluding hydrogens is 578 g/mol. The quantitative estimate of drug-likeness (QED) is 0.253. The SMILES string of the molecule is Cn1ncc(S(=O)(=O)N2CC[C@@]3(C)Cc4c(cnn4-c4ccc(F)cc4)C[C@]3(C(=O)c3cc(C(F)(F)F)ccn3)C2)n1. The summed E-state index contributed by atoms with van der Waals surface area (Å²) in [7, 11) is -2.72.